The van der Waals surface area contributed by atoms with Crippen molar-refractivity contribution in [1.29, 1.82) is 0 Å². The molecule has 2 unspecified atom stereocenters. The van der Waals surface area contributed by atoms with E-state index < -0.39 is 0 Å². The van der Waals surface area contributed by atoms with Gasteiger partial charge in [-0.05, 0) is 36.5 Å². The Morgan fingerprint density at radius 1 is 1.43 bits per heavy atom. The van der Waals surface area contributed by atoms with Crippen LogP contribution >= 0.6 is 15.9 Å². The van der Waals surface area contributed by atoms with E-state index in [4.69, 9.17) is 4.74 Å². The second-order valence-electron chi connectivity index (χ2n) is 5.69. The van der Waals surface area contributed by atoms with Crippen molar-refractivity contribution in [2.45, 2.75) is 36.6 Å². The third kappa shape index (κ3) is 2.90. The second-order valence-corrected chi connectivity index (χ2v) is 6.79. The molecule has 2 amide bonds. The molecule has 21 heavy (non-hydrogen) atoms. The SMILES string of the molecule is CN1C(=O)Cc2ccc(C(Br)CC3CCCO3)cc2C1=O. The van der Waals surface area contributed by atoms with E-state index in [9.17, 15) is 9.59 Å². The van der Waals surface area contributed by atoms with Crippen molar-refractivity contribution in [1.82, 2.24) is 4.90 Å². The van der Waals surface area contributed by atoms with Crippen LogP contribution in [-0.4, -0.2) is 36.5 Å². The smallest absolute Gasteiger partial charge is 0.260 e. The van der Waals surface area contributed by atoms with Gasteiger partial charge in [-0.15, -0.1) is 0 Å². The van der Waals surface area contributed by atoms with Crippen molar-refractivity contribution < 1.29 is 14.3 Å². The number of carbonyl (C=O) groups is 2. The number of rotatable bonds is 3. The molecule has 0 N–H and O–H groups in total. The summed E-state index contributed by atoms with van der Waals surface area (Å²) in [5, 5.41) is 0. The fraction of sp³-hybridized carbons (Fsp3) is 0.500. The molecule has 0 spiro atoms. The molecule has 1 aromatic rings. The minimum absolute atomic E-state index is 0.144. The highest BCUT2D eigenvalue weighted by molar-refractivity contribution is 9.09. The second kappa shape index (κ2) is 5.89. The van der Waals surface area contributed by atoms with Gasteiger partial charge in [0.15, 0.2) is 0 Å². The highest BCUT2D eigenvalue weighted by Crippen LogP contribution is 2.33. The van der Waals surface area contributed by atoms with Gasteiger partial charge in [-0.2, -0.15) is 0 Å². The molecule has 1 aromatic carbocycles. The Balaban J connectivity index is 1.82. The minimum Gasteiger partial charge on any atom is -0.378 e. The van der Waals surface area contributed by atoms with Gasteiger partial charge in [-0.3, -0.25) is 14.5 Å². The van der Waals surface area contributed by atoms with Crippen molar-refractivity contribution in [2.24, 2.45) is 0 Å². The number of halogens is 1. The molecule has 1 fully saturated rings. The zero-order valence-corrected chi connectivity index (χ0v) is 13.6. The molecule has 0 aliphatic carbocycles. The molecule has 3 rings (SSSR count). The molecule has 2 aliphatic heterocycles. The summed E-state index contributed by atoms with van der Waals surface area (Å²) in [5.41, 5.74) is 2.54. The van der Waals surface area contributed by atoms with Crippen molar-refractivity contribution >= 4 is 27.7 Å². The molecular formula is C16H18BrNO3. The Labute approximate surface area is 132 Å². The van der Waals surface area contributed by atoms with Crippen LogP contribution in [0.1, 0.15) is 45.6 Å². The predicted octanol–water partition coefficient (Wildman–Crippen LogP) is 2.85. The zero-order chi connectivity index (χ0) is 15.0. The van der Waals surface area contributed by atoms with Gasteiger partial charge in [-0.25, -0.2) is 0 Å². The molecule has 4 nitrogen and oxygen atoms in total. The van der Waals surface area contributed by atoms with E-state index in [1.807, 2.05) is 18.2 Å². The van der Waals surface area contributed by atoms with Gasteiger partial charge in [0.25, 0.3) is 5.91 Å². The number of carbonyl (C=O) groups excluding carboxylic acids is 2. The Hall–Kier alpha value is -1.20. The Bertz CT molecular complexity index is 581. The van der Waals surface area contributed by atoms with Gasteiger partial charge in [0.2, 0.25) is 5.91 Å². The molecule has 2 atom stereocenters. The quantitative estimate of drug-likeness (QED) is 0.621. The van der Waals surface area contributed by atoms with Gasteiger partial charge >= 0.3 is 0 Å². The standard InChI is InChI=1S/C16H18BrNO3/c1-18-15(19)8-10-4-5-11(7-13(10)16(18)20)14(17)9-12-3-2-6-21-12/h4-5,7,12,14H,2-3,6,8-9H2,1H3. The van der Waals surface area contributed by atoms with Gasteiger partial charge in [0.1, 0.15) is 0 Å². The fourth-order valence-electron chi connectivity index (χ4n) is 2.91. The number of nitrogens with zero attached hydrogens (tertiary/aromatic N) is 1. The van der Waals surface area contributed by atoms with Gasteiger partial charge in [0, 0.05) is 24.0 Å². The average molecular weight is 352 g/mol. The normalized spacial score (nSPS) is 23.3. The first-order valence-corrected chi connectivity index (χ1v) is 8.17. The molecule has 2 aliphatic rings. The number of benzene rings is 1. The maximum absolute atomic E-state index is 12.2. The van der Waals surface area contributed by atoms with Crippen LogP contribution in [0.4, 0.5) is 0 Å². The van der Waals surface area contributed by atoms with Crippen LogP contribution in [0.25, 0.3) is 0 Å². The summed E-state index contributed by atoms with van der Waals surface area (Å²) in [6.07, 6.45) is 3.73. The lowest BCUT2D eigenvalue weighted by molar-refractivity contribution is -0.127. The summed E-state index contributed by atoms with van der Waals surface area (Å²) in [6, 6.07) is 5.81. The predicted molar refractivity (Wildman–Crippen MR) is 82.5 cm³/mol. The van der Waals surface area contributed by atoms with Crippen molar-refractivity contribution in [3.05, 3.63) is 34.9 Å². The lowest BCUT2D eigenvalue weighted by Crippen LogP contribution is -2.39. The molecule has 0 aromatic heterocycles. The first-order valence-electron chi connectivity index (χ1n) is 7.25. The minimum atomic E-state index is -0.208. The average Bonchev–Trinajstić information content (AvgIpc) is 2.97. The third-order valence-electron chi connectivity index (χ3n) is 4.24. The van der Waals surface area contributed by atoms with Gasteiger partial charge in [-0.1, -0.05) is 28.1 Å². The number of fused-ring (bicyclic) bond motifs is 1. The number of ether oxygens (including phenoxy) is 1. The molecule has 112 valence electrons. The van der Waals surface area contributed by atoms with Crippen LogP contribution in [0, 0.1) is 0 Å². The third-order valence-corrected chi connectivity index (χ3v) is 5.14. The number of likely N-dealkylation sites (N-methyl/N-ethyl adjacent to an activating group) is 1. The number of hydrogen-bond donors (Lipinski definition) is 0. The number of alkyl halides is 1. The summed E-state index contributed by atoms with van der Waals surface area (Å²) in [4.78, 5) is 25.3. The lowest BCUT2D eigenvalue weighted by atomic mass is 9.94. The Kier molecular flexibility index (Phi) is 4.13. The first kappa shape index (κ1) is 14.7. The van der Waals surface area contributed by atoms with Crippen LogP contribution in [0.5, 0.6) is 0 Å². The monoisotopic (exact) mass is 351 g/mol. The largest absolute Gasteiger partial charge is 0.378 e. The van der Waals surface area contributed by atoms with Crippen molar-refractivity contribution in [3.8, 4) is 0 Å². The van der Waals surface area contributed by atoms with Crippen LogP contribution < -0.4 is 0 Å². The number of imide groups is 1. The van der Waals surface area contributed by atoms with Crippen LogP contribution in [0.15, 0.2) is 18.2 Å². The number of amides is 2. The summed E-state index contributed by atoms with van der Waals surface area (Å²) >= 11 is 3.70. The summed E-state index contributed by atoms with van der Waals surface area (Å²) < 4.78 is 5.66. The summed E-state index contributed by atoms with van der Waals surface area (Å²) in [5.74, 6) is -0.352. The van der Waals surface area contributed by atoms with E-state index in [-0.39, 0.29) is 16.6 Å². The molecular weight excluding hydrogens is 334 g/mol. The van der Waals surface area contributed by atoms with E-state index in [1.54, 1.807) is 0 Å². The Morgan fingerprint density at radius 2 is 2.24 bits per heavy atom. The first-order chi connectivity index (χ1) is 10.1. The topological polar surface area (TPSA) is 46.6 Å². The van der Waals surface area contributed by atoms with Crippen molar-refractivity contribution in [2.75, 3.05) is 13.7 Å². The van der Waals surface area contributed by atoms with Crippen LogP contribution in [0.3, 0.4) is 0 Å². The van der Waals surface area contributed by atoms with Crippen LogP contribution in [0.2, 0.25) is 0 Å². The van der Waals surface area contributed by atoms with Gasteiger partial charge in [0.05, 0.1) is 12.5 Å². The van der Waals surface area contributed by atoms with E-state index in [2.05, 4.69) is 15.9 Å². The van der Waals surface area contributed by atoms with E-state index >= 15 is 0 Å². The molecule has 1 saturated heterocycles. The van der Waals surface area contributed by atoms with E-state index in [0.717, 1.165) is 37.0 Å². The molecule has 0 radical (unpaired) electrons. The maximum atomic E-state index is 12.2. The molecule has 2 heterocycles. The van der Waals surface area contributed by atoms with E-state index in [0.29, 0.717) is 18.1 Å². The van der Waals surface area contributed by atoms with Gasteiger partial charge < -0.3 is 4.74 Å². The van der Waals surface area contributed by atoms with E-state index in [1.165, 1.54) is 11.9 Å². The highest BCUT2D eigenvalue weighted by atomic mass is 79.9. The maximum Gasteiger partial charge on any atom is 0.260 e. The summed E-state index contributed by atoms with van der Waals surface area (Å²) in [7, 11) is 1.54. The molecule has 0 bridgehead atoms. The highest BCUT2D eigenvalue weighted by Gasteiger charge is 2.29. The van der Waals surface area contributed by atoms with Crippen molar-refractivity contribution in [3.63, 3.8) is 0 Å². The summed E-state index contributed by atoms with van der Waals surface area (Å²) in [6.45, 7) is 0.847. The number of hydrogen-bond acceptors (Lipinski definition) is 3. The zero-order valence-electron chi connectivity index (χ0n) is 12.0. The molecule has 5 heteroatoms. The molecule has 0 saturated carbocycles. The lowest BCUT2D eigenvalue weighted by Gasteiger charge is -2.24. The Morgan fingerprint density at radius 3 is 2.95 bits per heavy atom. The fourth-order valence-corrected chi connectivity index (χ4v) is 3.62. The van der Waals surface area contributed by atoms with Crippen LogP contribution in [-0.2, 0) is 16.0 Å².